The summed E-state index contributed by atoms with van der Waals surface area (Å²) in [6.07, 6.45) is 1.87. The van der Waals surface area contributed by atoms with E-state index in [4.69, 9.17) is 9.47 Å². The monoisotopic (exact) mass is 656 g/mol. The van der Waals surface area contributed by atoms with E-state index < -0.39 is 17.8 Å². The molecule has 240 valence electrons. The van der Waals surface area contributed by atoms with Crippen molar-refractivity contribution in [2.75, 3.05) is 19.0 Å². The Morgan fingerprint density at radius 1 is 0.958 bits per heavy atom. The predicted octanol–water partition coefficient (Wildman–Crippen LogP) is 7.94. The standard InChI is InChI=1S/C38H32N4O5S/c1-21(2)19-40-37(44)31-10-9-24(34(41-31)38(45)46-3)26-18-32-28(35-23(20-47-32)14-16-48-35)17-27(26)36(43)42-30-12-11-29-25(13-15-39-29)33(30)22-7-5-4-6-8-22/h4-18,21,39H,19-20H2,1-3H3,(H,40,44)(H,42,43). The zero-order valence-corrected chi connectivity index (χ0v) is 27.4. The molecule has 1 aliphatic heterocycles. The van der Waals surface area contributed by atoms with Gasteiger partial charge in [0, 0.05) is 67.6 Å². The molecule has 0 unspecified atom stereocenters. The van der Waals surface area contributed by atoms with E-state index in [0.29, 0.717) is 41.3 Å². The van der Waals surface area contributed by atoms with E-state index in [1.165, 1.54) is 7.11 Å². The summed E-state index contributed by atoms with van der Waals surface area (Å²) < 4.78 is 11.3. The number of fused-ring (bicyclic) bond motifs is 4. The smallest absolute Gasteiger partial charge is 0.357 e. The summed E-state index contributed by atoms with van der Waals surface area (Å²) in [7, 11) is 1.25. The number of anilines is 1. The molecular formula is C38H32N4O5S. The molecule has 0 bridgehead atoms. The van der Waals surface area contributed by atoms with Crippen LogP contribution in [0.5, 0.6) is 5.75 Å². The third-order valence-electron chi connectivity index (χ3n) is 8.25. The number of carbonyl (C=O) groups is 3. The molecule has 9 nitrogen and oxygen atoms in total. The Bertz CT molecular complexity index is 2200. The van der Waals surface area contributed by atoms with Crippen molar-refractivity contribution in [3.05, 3.63) is 113 Å². The fourth-order valence-corrected chi connectivity index (χ4v) is 6.85. The minimum absolute atomic E-state index is 0.0653. The minimum atomic E-state index is -0.738. The molecule has 0 fully saturated rings. The van der Waals surface area contributed by atoms with E-state index in [2.05, 4.69) is 20.6 Å². The highest BCUT2D eigenvalue weighted by atomic mass is 32.1. The summed E-state index contributed by atoms with van der Waals surface area (Å²) in [4.78, 5) is 49.4. The average Bonchev–Trinajstić information content (AvgIpc) is 3.80. The molecule has 4 heterocycles. The molecule has 0 spiro atoms. The number of H-pyrrole nitrogens is 1. The molecule has 0 saturated heterocycles. The normalized spacial score (nSPS) is 11.8. The van der Waals surface area contributed by atoms with Crippen LogP contribution in [-0.2, 0) is 11.3 Å². The highest BCUT2D eigenvalue weighted by Gasteiger charge is 2.28. The number of nitrogens with zero attached hydrogens (tertiary/aromatic N) is 1. The van der Waals surface area contributed by atoms with Gasteiger partial charge in [-0.15, -0.1) is 11.3 Å². The van der Waals surface area contributed by atoms with Crippen molar-refractivity contribution in [2.24, 2.45) is 5.92 Å². The molecule has 3 aromatic carbocycles. The molecule has 1 aliphatic rings. The van der Waals surface area contributed by atoms with Crippen LogP contribution < -0.4 is 15.4 Å². The second-order valence-corrected chi connectivity index (χ2v) is 12.8. The van der Waals surface area contributed by atoms with Crippen molar-refractivity contribution in [2.45, 2.75) is 20.5 Å². The second kappa shape index (κ2) is 12.8. The maximum absolute atomic E-state index is 14.5. The van der Waals surface area contributed by atoms with Gasteiger partial charge >= 0.3 is 5.97 Å². The first-order chi connectivity index (χ1) is 23.3. The quantitative estimate of drug-likeness (QED) is 0.143. The van der Waals surface area contributed by atoms with Gasteiger partial charge in [-0.2, -0.15) is 0 Å². The molecule has 48 heavy (non-hydrogen) atoms. The molecule has 6 aromatic rings. The second-order valence-electron chi connectivity index (χ2n) is 11.9. The van der Waals surface area contributed by atoms with E-state index in [9.17, 15) is 14.4 Å². The van der Waals surface area contributed by atoms with Crippen molar-refractivity contribution in [3.8, 4) is 38.4 Å². The van der Waals surface area contributed by atoms with Crippen molar-refractivity contribution in [3.63, 3.8) is 0 Å². The highest BCUT2D eigenvalue weighted by molar-refractivity contribution is 7.13. The summed E-state index contributed by atoms with van der Waals surface area (Å²) in [6, 6.07) is 24.4. The van der Waals surface area contributed by atoms with Gasteiger partial charge in [-0.3, -0.25) is 9.59 Å². The Hall–Kier alpha value is -5.74. The number of methoxy groups -OCH3 is 1. The maximum atomic E-state index is 14.5. The summed E-state index contributed by atoms with van der Waals surface area (Å²) >= 11 is 1.57. The summed E-state index contributed by atoms with van der Waals surface area (Å²) in [5.41, 5.74) is 6.22. The fourth-order valence-electron chi connectivity index (χ4n) is 5.91. The van der Waals surface area contributed by atoms with Gasteiger partial charge in [0.1, 0.15) is 18.1 Å². The first-order valence-electron chi connectivity index (χ1n) is 15.5. The highest BCUT2D eigenvalue weighted by Crippen LogP contribution is 2.45. The van der Waals surface area contributed by atoms with Crippen LogP contribution in [0.1, 0.15) is 50.7 Å². The largest absolute Gasteiger partial charge is 0.488 e. The van der Waals surface area contributed by atoms with E-state index in [-0.39, 0.29) is 17.3 Å². The summed E-state index contributed by atoms with van der Waals surface area (Å²) in [5, 5.41) is 8.97. The minimum Gasteiger partial charge on any atom is -0.488 e. The molecule has 3 aromatic heterocycles. The van der Waals surface area contributed by atoms with Crippen molar-refractivity contribution >= 4 is 45.7 Å². The zero-order chi connectivity index (χ0) is 33.4. The van der Waals surface area contributed by atoms with Crippen LogP contribution in [0.25, 0.3) is 43.6 Å². The van der Waals surface area contributed by atoms with Gasteiger partial charge in [-0.25, -0.2) is 9.78 Å². The molecule has 0 saturated carbocycles. The lowest BCUT2D eigenvalue weighted by molar-refractivity contribution is 0.0594. The summed E-state index contributed by atoms with van der Waals surface area (Å²) in [6.45, 7) is 4.80. The molecule has 3 N–H and O–H groups in total. The van der Waals surface area contributed by atoms with Crippen LogP contribution in [0.3, 0.4) is 0 Å². The van der Waals surface area contributed by atoms with Gasteiger partial charge in [0.15, 0.2) is 5.69 Å². The Balaban J connectivity index is 1.38. The maximum Gasteiger partial charge on any atom is 0.357 e. The molecule has 0 atom stereocenters. The SMILES string of the molecule is COC(=O)c1nc(C(=O)NCC(C)C)ccc1-c1cc2c(cc1C(=O)Nc1ccc3[nH]ccc3c1-c1ccccc1)-c1sccc1CO2. The number of thiophene rings is 1. The molecule has 10 heteroatoms. The fraction of sp³-hybridized carbons (Fsp3) is 0.158. The van der Waals surface area contributed by atoms with Crippen LogP contribution in [0.2, 0.25) is 0 Å². The average molecular weight is 657 g/mol. The van der Waals surface area contributed by atoms with Gasteiger partial charge in [0.05, 0.1) is 7.11 Å². The Morgan fingerprint density at radius 3 is 2.58 bits per heavy atom. The Labute approximate surface area is 281 Å². The molecule has 2 amide bonds. The number of rotatable bonds is 8. The van der Waals surface area contributed by atoms with Gasteiger partial charge in [0.2, 0.25) is 0 Å². The zero-order valence-electron chi connectivity index (χ0n) is 26.5. The number of aromatic nitrogens is 2. The van der Waals surface area contributed by atoms with Crippen molar-refractivity contribution < 1.29 is 23.9 Å². The van der Waals surface area contributed by atoms with Crippen molar-refractivity contribution in [1.82, 2.24) is 15.3 Å². The van der Waals surface area contributed by atoms with Gasteiger partial charge in [-0.1, -0.05) is 44.2 Å². The van der Waals surface area contributed by atoms with E-state index >= 15 is 0 Å². The van der Waals surface area contributed by atoms with Crippen LogP contribution in [0.4, 0.5) is 5.69 Å². The van der Waals surface area contributed by atoms with E-state index in [0.717, 1.165) is 38.0 Å². The number of carbonyl (C=O) groups excluding carboxylic acids is 3. The van der Waals surface area contributed by atoms with E-state index in [1.807, 2.05) is 80.0 Å². The number of benzene rings is 3. The Kier molecular flexibility index (Phi) is 8.24. The lowest BCUT2D eigenvalue weighted by Crippen LogP contribution is -2.28. The third kappa shape index (κ3) is 5.71. The number of amides is 2. The number of ether oxygens (including phenoxy) is 2. The first kappa shape index (κ1) is 30.9. The number of esters is 1. The third-order valence-corrected chi connectivity index (χ3v) is 9.24. The number of aromatic amines is 1. The lowest BCUT2D eigenvalue weighted by Gasteiger charge is -2.22. The van der Waals surface area contributed by atoms with Crippen LogP contribution in [0.15, 0.2) is 90.4 Å². The van der Waals surface area contributed by atoms with Crippen LogP contribution in [-0.4, -0.2) is 41.4 Å². The number of pyridine rings is 1. The number of nitrogens with one attached hydrogen (secondary N) is 3. The van der Waals surface area contributed by atoms with Gasteiger partial charge in [0.25, 0.3) is 11.8 Å². The lowest BCUT2D eigenvalue weighted by atomic mass is 9.92. The molecule has 0 radical (unpaired) electrons. The van der Waals surface area contributed by atoms with Crippen LogP contribution >= 0.6 is 11.3 Å². The van der Waals surface area contributed by atoms with Gasteiger partial charge < -0.3 is 25.1 Å². The van der Waals surface area contributed by atoms with E-state index in [1.54, 1.807) is 35.6 Å². The van der Waals surface area contributed by atoms with Crippen molar-refractivity contribution in [1.29, 1.82) is 0 Å². The van der Waals surface area contributed by atoms with Gasteiger partial charge in [-0.05, 0) is 65.4 Å². The first-order valence-corrected chi connectivity index (χ1v) is 16.4. The molecule has 7 rings (SSSR count). The number of hydrogen-bond donors (Lipinski definition) is 3. The number of hydrogen-bond acceptors (Lipinski definition) is 7. The molecule has 0 aliphatic carbocycles. The summed E-state index contributed by atoms with van der Waals surface area (Å²) in [5.74, 6) is -0.735. The molecular weight excluding hydrogens is 625 g/mol. The Morgan fingerprint density at radius 2 is 1.79 bits per heavy atom. The van der Waals surface area contributed by atoms with Crippen LogP contribution in [0, 0.1) is 5.92 Å². The predicted molar refractivity (Wildman–Crippen MR) is 188 cm³/mol. The topological polar surface area (TPSA) is 122 Å².